The second-order valence-corrected chi connectivity index (χ2v) is 12.7. The van der Waals surface area contributed by atoms with E-state index in [1.54, 1.807) is 5.57 Å². The molecule has 1 heteroatoms. The van der Waals surface area contributed by atoms with Crippen molar-refractivity contribution in [2.75, 3.05) is 0 Å². The monoisotopic (exact) mass is 396 g/mol. The minimum absolute atomic E-state index is 0.170. The molecule has 0 radical (unpaired) electrons. The molecule has 5 rings (SSSR count). The Balaban J connectivity index is 1.41. The van der Waals surface area contributed by atoms with Gasteiger partial charge in [-0.2, -0.15) is 0 Å². The van der Waals surface area contributed by atoms with Crippen LogP contribution < -0.4 is 0 Å². The second kappa shape index (κ2) is 6.47. The van der Waals surface area contributed by atoms with Crippen molar-refractivity contribution in [2.45, 2.75) is 92.6 Å². The largest absolute Gasteiger partial charge is 0.388 e. The van der Waals surface area contributed by atoms with Crippen LogP contribution >= 0.6 is 0 Å². The van der Waals surface area contributed by atoms with Crippen LogP contribution in [0.1, 0.15) is 86.5 Å². The molecule has 1 nitrogen and oxygen atoms in total. The molecular formula is C28H44O. The lowest BCUT2D eigenvalue weighted by Crippen LogP contribution is -2.51. The Morgan fingerprint density at radius 3 is 2.41 bits per heavy atom. The fourth-order valence-corrected chi connectivity index (χ4v) is 9.17. The number of rotatable bonds is 4. The summed E-state index contributed by atoms with van der Waals surface area (Å²) in [4.78, 5) is 0. The van der Waals surface area contributed by atoms with Crippen LogP contribution in [0.3, 0.4) is 0 Å². The van der Waals surface area contributed by atoms with Gasteiger partial charge in [0.1, 0.15) is 0 Å². The van der Waals surface area contributed by atoms with Crippen LogP contribution in [0.4, 0.5) is 0 Å². The van der Waals surface area contributed by atoms with Crippen molar-refractivity contribution in [1.29, 1.82) is 0 Å². The molecular weight excluding hydrogens is 352 g/mol. The molecule has 0 aromatic carbocycles. The first-order valence-electron chi connectivity index (χ1n) is 12.7. The molecule has 29 heavy (non-hydrogen) atoms. The summed E-state index contributed by atoms with van der Waals surface area (Å²) in [6.07, 6.45) is 16.8. The van der Waals surface area contributed by atoms with Crippen LogP contribution in [0.5, 0.6) is 0 Å². The number of aliphatic hydroxyl groups is 1. The fraction of sp³-hybridized carbons (Fsp3) is 0.857. The third kappa shape index (κ3) is 2.55. The van der Waals surface area contributed by atoms with Gasteiger partial charge in [-0.1, -0.05) is 65.3 Å². The molecule has 5 aliphatic rings. The lowest BCUT2D eigenvalue weighted by molar-refractivity contribution is -0.0367. The summed E-state index contributed by atoms with van der Waals surface area (Å²) >= 11 is 0. The van der Waals surface area contributed by atoms with Crippen LogP contribution in [0, 0.1) is 57.7 Å². The molecule has 0 aromatic rings. The van der Waals surface area contributed by atoms with E-state index in [9.17, 15) is 5.11 Å². The van der Waals surface area contributed by atoms with E-state index in [0.717, 1.165) is 23.7 Å². The maximum Gasteiger partial charge on any atom is 0.0788 e. The van der Waals surface area contributed by atoms with Crippen LogP contribution in [0.25, 0.3) is 0 Å². The molecule has 4 saturated carbocycles. The normalized spacial score (nSPS) is 52.6. The van der Waals surface area contributed by atoms with Gasteiger partial charge in [0.15, 0.2) is 0 Å². The van der Waals surface area contributed by atoms with E-state index in [-0.39, 0.29) is 11.5 Å². The average Bonchev–Trinajstić information content (AvgIpc) is 3.20. The Hall–Kier alpha value is -0.560. The molecule has 0 bridgehead atoms. The zero-order valence-electron chi connectivity index (χ0n) is 19.7. The first kappa shape index (κ1) is 20.3. The molecule has 0 aromatic heterocycles. The Kier molecular flexibility index (Phi) is 4.54. The van der Waals surface area contributed by atoms with Crippen LogP contribution in [-0.2, 0) is 0 Å². The molecule has 0 saturated heterocycles. The first-order chi connectivity index (χ1) is 13.6. The Morgan fingerprint density at radius 2 is 1.72 bits per heavy atom. The maximum absolute atomic E-state index is 11.3. The van der Waals surface area contributed by atoms with Gasteiger partial charge in [0, 0.05) is 5.41 Å². The SMILES string of the molecule is CC(C)[C@@H](C)/C=C/[C@@H](C)[C@H]1CC[C@H]2C3=CC(O)[C@]45C[C@H]4CC[C@]5(C)[C@H]3CC[C@]12C. The number of allylic oxidation sites excluding steroid dienone is 3. The van der Waals surface area contributed by atoms with Gasteiger partial charge < -0.3 is 5.11 Å². The van der Waals surface area contributed by atoms with Crippen molar-refractivity contribution < 1.29 is 5.11 Å². The van der Waals surface area contributed by atoms with E-state index in [0.29, 0.717) is 28.6 Å². The predicted octanol–water partition coefficient (Wildman–Crippen LogP) is 7.02. The van der Waals surface area contributed by atoms with Gasteiger partial charge in [0.05, 0.1) is 6.10 Å². The Labute approximate surface area is 179 Å². The molecule has 0 amide bonds. The second-order valence-electron chi connectivity index (χ2n) is 12.7. The summed E-state index contributed by atoms with van der Waals surface area (Å²) in [5.41, 5.74) is 2.76. The molecule has 0 heterocycles. The van der Waals surface area contributed by atoms with Crippen molar-refractivity contribution in [1.82, 2.24) is 0 Å². The van der Waals surface area contributed by atoms with Crippen molar-refractivity contribution in [2.24, 2.45) is 57.7 Å². The van der Waals surface area contributed by atoms with Gasteiger partial charge in [0.25, 0.3) is 0 Å². The highest BCUT2D eigenvalue weighted by molar-refractivity contribution is 5.37. The summed E-state index contributed by atoms with van der Waals surface area (Å²) in [6.45, 7) is 14.7. The van der Waals surface area contributed by atoms with Gasteiger partial charge >= 0.3 is 0 Å². The zero-order valence-corrected chi connectivity index (χ0v) is 19.7. The lowest BCUT2D eigenvalue weighted by Gasteiger charge is -2.56. The molecule has 162 valence electrons. The van der Waals surface area contributed by atoms with E-state index in [1.165, 1.54) is 44.9 Å². The molecule has 1 spiro atoms. The maximum atomic E-state index is 11.3. The highest BCUT2D eigenvalue weighted by atomic mass is 16.3. The van der Waals surface area contributed by atoms with Gasteiger partial charge in [-0.15, -0.1) is 0 Å². The quantitative estimate of drug-likeness (QED) is 0.506. The van der Waals surface area contributed by atoms with Crippen LogP contribution in [0.2, 0.25) is 0 Å². The summed E-state index contributed by atoms with van der Waals surface area (Å²) in [6, 6.07) is 0. The third-order valence-electron chi connectivity index (χ3n) is 11.5. The summed E-state index contributed by atoms with van der Waals surface area (Å²) in [5, 5.41) is 11.3. The van der Waals surface area contributed by atoms with E-state index in [2.05, 4.69) is 59.8 Å². The molecule has 10 atom stereocenters. The summed E-state index contributed by atoms with van der Waals surface area (Å²) < 4.78 is 0. The van der Waals surface area contributed by atoms with Crippen molar-refractivity contribution in [3.8, 4) is 0 Å². The number of fused-ring (bicyclic) bond motifs is 4. The van der Waals surface area contributed by atoms with Crippen molar-refractivity contribution >= 4 is 0 Å². The molecule has 4 fully saturated rings. The first-order valence-corrected chi connectivity index (χ1v) is 12.7. The lowest BCUT2D eigenvalue weighted by atomic mass is 9.49. The molecule has 5 aliphatic carbocycles. The number of hydrogen-bond donors (Lipinski definition) is 1. The van der Waals surface area contributed by atoms with E-state index < -0.39 is 0 Å². The predicted molar refractivity (Wildman–Crippen MR) is 121 cm³/mol. The van der Waals surface area contributed by atoms with Crippen LogP contribution in [-0.4, -0.2) is 11.2 Å². The number of aliphatic hydroxyl groups excluding tert-OH is 1. The van der Waals surface area contributed by atoms with Gasteiger partial charge in [-0.05, 0) is 97.2 Å². The fourth-order valence-electron chi connectivity index (χ4n) is 9.17. The summed E-state index contributed by atoms with van der Waals surface area (Å²) in [7, 11) is 0. The van der Waals surface area contributed by atoms with E-state index in [4.69, 9.17) is 0 Å². The highest BCUT2D eigenvalue weighted by Gasteiger charge is 2.75. The minimum Gasteiger partial charge on any atom is -0.388 e. The van der Waals surface area contributed by atoms with Crippen LogP contribution in [0.15, 0.2) is 23.8 Å². The molecule has 1 N–H and O–H groups in total. The zero-order chi connectivity index (χ0) is 20.8. The van der Waals surface area contributed by atoms with E-state index >= 15 is 0 Å². The highest BCUT2D eigenvalue weighted by Crippen LogP contribution is 2.80. The Bertz CT molecular complexity index is 733. The average molecular weight is 397 g/mol. The minimum atomic E-state index is -0.170. The van der Waals surface area contributed by atoms with Crippen molar-refractivity contribution in [3.05, 3.63) is 23.8 Å². The Morgan fingerprint density at radius 1 is 0.966 bits per heavy atom. The van der Waals surface area contributed by atoms with Crippen molar-refractivity contribution in [3.63, 3.8) is 0 Å². The topological polar surface area (TPSA) is 20.2 Å². The smallest absolute Gasteiger partial charge is 0.0788 e. The van der Waals surface area contributed by atoms with Gasteiger partial charge in [-0.3, -0.25) is 0 Å². The van der Waals surface area contributed by atoms with Gasteiger partial charge in [0.2, 0.25) is 0 Å². The standard InChI is InChI=1S/C28H44O/c1-17(2)18(3)7-8-19(4)22-9-10-23-21-15-25(29)28-16-20(28)11-14-27(28,6)24(21)12-13-26(22,23)5/h7-8,15,17-20,22-25,29H,9-14,16H2,1-6H3/b8-7+/t18-,19+,20+,22+,23-,24-,25?,26+,27+,28-/m0/s1. The van der Waals surface area contributed by atoms with Gasteiger partial charge in [-0.25, -0.2) is 0 Å². The van der Waals surface area contributed by atoms with E-state index in [1.807, 2.05) is 0 Å². The number of hydrogen-bond acceptors (Lipinski definition) is 1. The molecule has 0 aliphatic heterocycles. The third-order valence-corrected chi connectivity index (χ3v) is 11.5. The summed E-state index contributed by atoms with van der Waals surface area (Å²) in [5.74, 6) is 5.13. The molecule has 1 unspecified atom stereocenters.